The summed E-state index contributed by atoms with van der Waals surface area (Å²) in [6.07, 6.45) is -3.45. The number of aromatic nitrogens is 4. The second kappa shape index (κ2) is 7.87. The van der Waals surface area contributed by atoms with Crippen LogP contribution in [0.4, 0.5) is 18.9 Å². The van der Waals surface area contributed by atoms with Crippen LogP contribution in [0.1, 0.15) is 24.2 Å². The highest BCUT2D eigenvalue weighted by atomic mass is 19.4. The average molecular weight is 445 g/mol. The lowest BCUT2D eigenvalue weighted by Crippen LogP contribution is -2.29. The predicted molar refractivity (Wildman–Crippen MR) is 106 cm³/mol. The Morgan fingerprint density at radius 1 is 1.19 bits per heavy atom. The first-order valence-corrected chi connectivity index (χ1v) is 9.31. The molecule has 12 heteroatoms. The molecule has 0 saturated carbocycles. The predicted octanol–water partition coefficient (Wildman–Crippen LogP) is 4.18. The van der Waals surface area contributed by atoms with Crippen molar-refractivity contribution in [3.8, 4) is 11.5 Å². The van der Waals surface area contributed by atoms with Gasteiger partial charge in [0.1, 0.15) is 5.39 Å². The molecule has 0 spiro atoms. The van der Waals surface area contributed by atoms with E-state index in [0.717, 1.165) is 16.2 Å². The number of nitrogens with zero attached hydrogens (tertiary/aromatic N) is 5. The van der Waals surface area contributed by atoms with Gasteiger partial charge < -0.3 is 4.52 Å². The van der Waals surface area contributed by atoms with Crippen LogP contribution in [0, 0.1) is 10.1 Å². The molecule has 3 aromatic heterocycles. The van der Waals surface area contributed by atoms with E-state index in [1.54, 1.807) is 37.3 Å². The van der Waals surface area contributed by atoms with E-state index in [1.807, 2.05) is 0 Å². The number of fused-ring (bicyclic) bond motifs is 1. The second-order valence-electron chi connectivity index (χ2n) is 6.99. The van der Waals surface area contributed by atoms with Crippen molar-refractivity contribution in [2.45, 2.75) is 25.6 Å². The Hall–Kier alpha value is -4.09. The molecule has 164 valence electrons. The van der Waals surface area contributed by atoms with Gasteiger partial charge in [-0.15, -0.1) is 0 Å². The zero-order chi connectivity index (χ0) is 23.0. The Kier molecular flexibility index (Phi) is 5.20. The molecule has 0 saturated heterocycles. The first-order valence-electron chi connectivity index (χ1n) is 9.31. The fourth-order valence-corrected chi connectivity index (χ4v) is 3.45. The number of nitro groups is 1. The number of rotatable bonds is 5. The molecule has 0 aliphatic carbocycles. The maximum Gasteiger partial charge on any atom is 0.437 e. The van der Waals surface area contributed by atoms with Gasteiger partial charge in [-0.05, 0) is 25.0 Å². The van der Waals surface area contributed by atoms with E-state index in [9.17, 15) is 28.1 Å². The van der Waals surface area contributed by atoms with Gasteiger partial charge in [-0.25, -0.2) is 4.98 Å². The van der Waals surface area contributed by atoms with E-state index in [2.05, 4.69) is 19.6 Å². The van der Waals surface area contributed by atoms with Crippen LogP contribution in [0.5, 0.6) is 0 Å². The molecule has 0 aliphatic heterocycles. The second-order valence-corrected chi connectivity index (χ2v) is 6.99. The lowest BCUT2D eigenvalue weighted by atomic mass is 10.1. The molecule has 0 N–H and O–H groups in total. The van der Waals surface area contributed by atoms with Gasteiger partial charge in [-0.2, -0.15) is 18.2 Å². The van der Waals surface area contributed by atoms with Crippen molar-refractivity contribution in [2.75, 3.05) is 0 Å². The topological polar surface area (TPSA) is 117 Å². The SMILES string of the molecule is C[C@H](Cc1ccccc1)n1c(-c2ncccc2[N+](=O)[O-])nc2onc(C(F)(F)F)c2c1=O. The quantitative estimate of drug-likeness (QED) is 0.334. The van der Waals surface area contributed by atoms with Gasteiger partial charge in [-0.3, -0.25) is 19.5 Å². The zero-order valence-electron chi connectivity index (χ0n) is 16.4. The normalized spacial score (nSPS) is 12.8. The number of hydrogen-bond donors (Lipinski definition) is 0. The van der Waals surface area contributed by atoms with Crippen molar-refractivity contribution in [2.24, 2.45) is 0 Å². The highest BCUT2D eigenvalue weighted by Gasteiger charge is 2.40. The zero-order valence-corrected chi connectivity index (χ0v) is 16.4. The maximum absolute atomic E-state index is 13.4. The number of benzene rings is 1. The van der Waals surface area contributed by atoms with E-state index >= 15 is 0 Å². The summed E-state index contributed by atoms with van der Waals surface area (Å²) in [5, 5.41) is 13.6. The monoisotopic (exact) mass is 445 g/mol. The summed E-state index contributed by atoms with van der Waals surface area (Å²) < 4.78 is 45.9. The van der Waals surface area contributed by atoms with Gasteiger partial charge in [-0.1, -0.05) is 35.5 Å². The smallest absolute Gasteiger partial charge is 0.335 e. The van der Waals surface area contributed by atoms with Crippen LogP contribution < -0.4 is 5.56 Å². The number of alkyl halides is 3. The van der Waals surface area contributed by atoms with Gasteiger partial charge in [0.25, 0.3) is 17.0 Å². The minimum Gasteiger partial charge on any atom is -0.335 e. The molecule has 0 unspecified atom stereocenters. The van der Waals surface area contributed by atoms with Crippen LogP contribution in [0.15, 0.2) is 58.0 Å². The third-order valence-corrected chi connectivity index (χ3v) is 4.82. The van der Waals surface area contributed by atoms with Crippen LogP contribution in [-0.2, 0) is 12.6 Å². The molecule has 0 aliphatic rings. The molecule has 0 fully saturated rings. The van der Waals surface area contributed by atoms with Gasteiger partial charge in [0.05, 0.1) is 4.92 Å². The van der Waals surface area contributed by atoms with Crippen molar-refractivity contribution in [1.82, 2.24) is 19.7 Å². The minimum absolute atomic E-state index is 0.244. The Morgan fingerprint density at radius 2 is 1.91 bits per heavy atom. The minimum atomic E-state index is -4.95. The van der Waals surface area contributed by atoms with Crippen molar-refractivity contribution in [1.29, 1.82) is 0 Å². The van der Waals surface area contributed by atoms with Crippen LogP contribution in [0.2, 0.25) is 0 Å². The summed E-state index contributed by atoms with van der Waals surface area (Å²) in [7, 11) is 0. The fraction of sp³-hybridized carbons (Fsp3) is 0.200. The summed E-state index contributed by atoms with van der Waals surface area (Å²) in [6, 6.07) is 10.7. The van der Waals surface area contributed by atoms with Gasteiger partial charge in [0.2, 0.25) is 5.69 Å². The molecule has 32 heavy (non-hydrogen) atoms. The standard InChI is InChI=1S/C20H14F3N5O4/c1-11(10-12-6-3-2-4-7-12)27-17(15-13(28(30)31)8-5-9-24-15)25-18-14(19(27)29)16(26-32-18)20(21,22)23/h2-9,11H,10H2,1H3/t11-/m1/s1. The number of pyridine rings is 1. The molecular weight excluding hydrogens is 431 g/mol. The van der Waals surface area contributed by atoms with Crippen molar-refractivity contribution in [3.05, 3.63) is 80.4 Å². The van der Waals surface area contributed by atoms with Crippen molar-refractivity contribution < 1.29 is 22.6 Å². The molecule has 4 rings (SSSR count). The first-order chi connectivity index (χ1) is 15.2. The summed E-state index contributed by atoms with van der Waals surface area (Å²) >= 11 is 0. The molecule has 0 bridgehead atoms. The lowest BCUT2D eigenvalue weighted by molar-refractivity contribution is -0.384. The molecule has 4 aromatic rings. The van der Waals surface area contributed by atoms with Crippen LogP contribution in [-0.4, -0.2) is 24.6 Å². The van der Waals surface area contributed by atoms with Crippen LogP contribution >= 0.6 is 0 Å². The lowest BCUT2D eigenvalue weighted by Gasteiger charge is -2.19. The Bertz CT molecular complexity index is 1370. The fourth-order valence-electron chi connectivity index (χ4n) is 3.45. The highest BCUT2D eigenvalue weighted by Crippen LogP contribution is 2.34. The summed E-state index contributed by atoms with van der Waals surface area (Å²) in [5.41, 5.74) is -3.21. The average Bonchev–Trinajstić information content (AvgIpc) is 3.19. The highest BCUT2D eigenvalue weighted by molar-refractivity contribution is 5.78. The van der Waals surface area contributed by atoms with E-state index in [4.69, 9.17) is 0 Å². The summed E-state index contributed by atoms with van der Waals surface area (Å²) in [4.78, 5) is 32.1. The molecule has 0 amide bonds. The first kappa shape index (κ1) is 21.2. The Labute approximate surface area is 177 Å². The van der Waals surface area contributed by atoms with Gasteiger partial charge >= 0.3 is 6.18 Å². The van der Waals surface area contributed by atoms with E-state index in [-0.39, 0.29) is 17.9 Å². The van der Waals surface area contributed by atoms with Gasteiger partial charge in [0, 0.05) is 18.3 Å². The summed E-state index contributed by atoms with van der Waals surface area (Å²) in [6.45, 7) is 1.60. The Balaban J connectivity index is 2.02. The van der Waals surface area contributed by atoms with Crippen molar-refractivity contribution >= 4 is 16.8 Å². The molecule has 1 aromatic carbocycles. The maximum atomic E-state index is 13.4. The molecular formula is C20H14F3N5O4. The van der Waals surface area contributed by atoms with Crippen molar-refractivity contribution in [3.63, 3.8) is 0 Å². The number of halogens is 3. The third-order valence-electron chi connectivity index (χ3n) is 4.82. The van der Waals surface area contributed by atoms with E-state index in [1.165, 1.54) is 12.3 Å². The Morgan fingerprint density at radius 3 is 2.56 bits per heavy atom. The van der Waals surface area contributed by atoms with E-state index in [0.29, 0.717) is 0 Å². The third kappa shape index (κ3) is 3.70. The van der Waals surface area contributed by atoms with Gasteiger partial charge in [0.15, 0.2) is 11.5 Å². The molecule has 9 nitrogen and oxygen atoms in total. The number of hydrogen-bond acceptors (Lipinski definition) is 7. The molecule has 1 atom stereocenters. The van der Waals surface area contributed by atoms with Crippen LogP contribution in [0.3, 0.4) is 0 Å². The molecule has 3 heterocycles. The van der Waals surface area contributed by atoms with E-state index < -0.39 is 45.2 Å². The molecule has 0 radical (unpaired) electrons. The summed E-state index contributed by atoms with van der Waals surface area (Å²) in [5.74, 6) is -0.289. The van der Waals surface area contributed by atoms with Crippen LogP contribution in [0.25, 0.3) is 22.6 Å². The largest absolute Gasteiger partial charge is 0.437 e.